The summed E-state index contributed by atoms with van der Waals surface area (Å²) in [4.78, 5) is 23.4. The summed E-state index contributed by atoms with van der Waals surface area (Å²) in [5, 5.41) is 10.5. The van der Waals surface area contributed by atoms with Gasteiger partial charge in [-0.05, 0) is 38.8 Å². The minimum Gasteiger partial charge on any atom is -0.504 e. The molecule has 1 fully saturated rings. The van der Waals surface area contributed by atoms with Crippen molar-refractivity contribution in [2.75, 3.05) is 13.2 Å². The van der Waals surface area contributed by atoms with E-state index in [9.17, 15) is 9.90 Å². The molecular formula is C20H23N3O3. The predicted octanol–water partition coefficient (Wildman–Crippen LogP) is 2.99. The lowest BCUT2D eigenvalue weighted by Gasteiger charge is -2.30. The summed E-state index contributed by atoms with van der Waals surface area (Å²) in [5.74, 6) is 0.899. The molecule has 1 amide bonds. The molecule has 26 heavy (non-hydrogen) atoms. The summed E-state index contributed by atoms with van der Waals surface area (Å²) >= 11 is 0. The minimum atomic E-state index is 0.0816. The Bertz CT molecular complexity index is 862. The van der Waals surface area contributed by atoms with E-state index in [2.05, 4.69) is 9.97 Å². The highest BCUT2D eigenvalue weighted by Gasteiger charge is 2.31. The van der Waals surface area contributed by atoms with Gasteiger partial charge in [0.1, 0.15) is 6.61 Å². The number of phenolic OH excluding ortho intramolecular Hbond substituents is 1. The van der Waals surface area contributed by atoms with E-state index >= 15 is 0 Å². The number of amides is 1. The van der Waals surface area contributed by atoms with Crippen LogP contribution in [0.25, 0.3) is 11.3 Å². The van der Waals surface area contributed by atoms with Crippen molar-refractivity contribution in [2.24, 2.45) is 5.92 Å². The second-order valence-electron chi connectivity index (χ2n) is 7.17. The Balaban J connectivity index is 1.71. The molecule has 0 atom stereocenters. The molecule has 1 N–H and O–H groups in total. The van der Waals surface area contributed by atoms with E-state index in [4.69, 9.17) is 4.74 Å². The van der Waals surface area contributed by atoms with Crippen LogP contribution in [0.5, 0.6) is 11.5 Å². The van der Waals surface area contributed by atoms with Crippen LogP contribution in [0.15, 0.2) is 18.3 Å². The molecule has 6 nitrogen and oxygen atoms in total. The van der Waals surface area contributed by atoms with Gasteiger partial charge in [-0.1, -0.05) is 6.42 Å². The van der Waals surface area contributed by atoms with Crippen LogP contribution in [0, 0.1) is 19.8 Å². The van der Waals surface area contributed by atoms with Crippen molar-refractivity contribution < 1.29 is 14.6 Å². The molecule has 2 heterocycles. The molecule has 0 radical (unpaired) electrons. The summed E-state index contributed by atoms with van der Waals surface area (Å²) in [6.07, 6.45) is 4.82. The fourth-order valence-corrected chi connectivity index (χ4v) is 3.55. The van der Waals surface area contributed by atoms with Crippen LogP contribution in [-0.2, 0) is 11.3 Å². The first kappa shape index (κ1) is 16.8. The number of hydrogen-bond acceptors (Lipinski definition) is 5. The smallest absolute Gasteiger partial charge is 0.226 e. The van der Waals surface area contributed by atoms with E-state index in [1.54, 1.807) is 12.3 Å². The first-order chi connectivity index (χ1) is 12.5. The number of carbonyl (C=O) groups excluding carboxylic acids is 1. The van der Waals surface area contributed by atoms with Gasteiger partial charge in [-0.2, -0.15) is 0 Å². The largest absolute Gasteiger partial charge is 0.504 e. The predicted molar refractivity (Wildman–Crippen MR) is 96.9 cm³/mol. The van der Waals surface area contributed by atoms with E-state index in [1.807, 2.05) is 24.8 Å². The molecule has 2 aliphatic rings. The van der Waals surface area contributed by atoms with E-state index in [1.165, 1.54) is 0 Å². The number of rotatable bonds is 2. The second-order valence-corrected chi connectivity index (χ2v) is 7.17. The Morgan fingerprint density at radius 1 is 1.31 bits per heavy atom. The van der Waals surface area contributed by atoms with Crippen LogP contribution in [0.4, 0.5) is 0 Å². The van der Waals surface area contributed by atoms with Crippen LogP contribution >= 0.6 is 0 Å². The molecule has 4 rings (SSSR count). The highest BCUT2D eigenvalue weighted by molar-refractivity contribution is 5.80. The molecular weight excluding hydrogens is 330 g/mol. The molecule has 1 aliphatic carbocycles. The Hall–Kier alpha value is -2.63. The van der Waals surface area contributed by atoms with Crippen LogP contribution in [0.3, 0.4) is 0 Å². The van der Waals surface area contributed by atoms with Crippen molar-refractivity contribution in [1.29, 1.82) is 0 Å². The Morgan fingerprint density at radius 2 is 2.12 bits per heavy atom. The first-order valence-electron chi connectivity index (χ1n) is 9.11. The molecule has 0 spiro atoms. The summed E-state index contributed by atoms with van der Waals surface area (Å²) in [5.41, 5.74) is 3.96. The molecule has 6 heteroatoms. The maximum atomic E-state index is 12.7. The number of benzene rings is 1. The lowest BCUT2D eigenvalue weighted by molar-refractivity contribution is -0.138. The summed E-state index contributed by atoms with van der Waals surface area (Å²) in [7, 11) is 0. The third kappa shape index (κ3) is 3.00. The summed E-state index contributed by atoms with van der Waals surface area (Å²) in [6.45, 7) is 5.17. The Labute approximate surface area is 152 Å². The maximum Gasteiger partial charge on any atom is 0.226 e. The lowest BCUT2D eigenvalue weighted by atomic mass is 9.84. The van der Waals surface area contributed by atoms with Crippen molar-refractivity contribution in [3.63, 3.8) is 0 Å². The summed E-state index contributed by atoms with van der Waals surface area (Å²) < 4.78 is 5.76. The second kappa shape index (κ2) is 6.59. The van der Waals surface area contributed by atoms with Crippen molar-refractivity contribution in [3.8, 4) is 22.8 Å². The fourth-order valence-electron chi connectivity index (χ4n) is 3.55. The minimum absolute atomic E-state index is 0.0816. The topological polar surface area (TPSA) is 75.6 Å². The summed E-state index contributed by atoms with van der Waals surface area (Å²) in [6, 6.07) is 3.62. The number of nitrogens with zero attached hydrogens (tertiary/aromatic N) is 3. The monoisotopic (exact) mass is 353 g/mol. The van der Waals surface area contributed by atoms with E-state index in [0.29, 0.717) is 25.4 Å². The quantitative estimate of drug-likeness (QED) is 0.898. The van der Waals surface area contributed by atoms with Gasteiger partial charge < -0.3 is 14.7 Å². The number of aryl methyl sites for hydroxylation is 2. The maximum absolute atomic E-state index is 12.7. The lowest BCUT2D eigenvalue weighted by Crippen LogP contribution is -2.39. The number of hydrogen-bond donors (Lipinski definition) is 1. The molecule has 0 bridgehead atoms. The first-order valence-corrected chi connectivity index (χ1v) is 9.11. The van der Waals surface area contributed by atoms with Gasteiger partial charge >= 0.3 is 0 Å². The molecule has 1 aromatic carbocycles. The van der Waals surface area contributed by atoms with Crippen molar-refractivity contribution >= 4 is 5.91 Å². The zero-order chi connectivity index (χ0) is 18.3. The average molecular weight is 353 g/mol. The van der Waals surface area contributed by atoms with Gasteiger partial charge in [0.05, 0.1) is 23.6 Å². The zero-order valence-electron chi connectivity index (χ0n) is 15.2. The number of aromatic hydroxyl groups is 1. The van der Waals surface area contributed by atoms with Crippen molar-refractivity contribution in [3.05, 3.63) is 35.3 Å². The molecule has 1 aliphatic heterocycles. The van der Waals surface area contributed by atoms with Gasteiger partial charge in [0.25, 0.3) is 0 Å². The number of phenols is 1. The van der Waals surface area contributed by atoms with Gasteiger partial charge in [0.2, 0.25) is 5.91 Å². The molecule has 2 aromatic rings. The molecule has 0 saturated heterocycles. The standard InChI is InChI=1S/C20H23N3O3/c1-12-10-21-13(2)18(22-12)15-8-16-11-23(20(25)14-4-3-5-14)6-7-26-19(16)17(24)9-15/h8-10,14,24H,3-7,11H2,1-2H3. The van der Waals surface area contributed by atoms with E-state index < -0.39 is 0 Å². The third-order valence-corrected chi connectivity index (χ3v) is 5.23. The highest BCUT2D eigenvalue weighted by Crippen LogP contribution is 2.38. The van der Waals surface area contributed by atoms with E-state index in [-0.39, 0.29) is 17.6 Å². The number of fused-ring (bicyclic) bond motifs is 1. The number of carbonyl (C=O) groups is 1. The molecule has 1 aromatic heterocycles. The van der Waals surface area contributed by atoms with E-state index in [0.717, 1.165) is 47.5 Å². The van der Waals surface area contributed by atoms with Gasteiger partial charge in [0.15, 0.2) is 11.5 Å². The molecule has 136 valence electrons. The number of ether oxygens (including phenoxy) is 1. The van der Waals surface area contributed by atoms with Crippen molar-refractivity contribution in [2.45, 2.75) is 39.7 Å². The average Bonchev–Trinajstić information content (AvgIpc) is 2.78. The fraction of sp³-hybridized carbons (Fsp3) is 0.450. The van der Waals surface area contributed by atoms with Crippen LogP contribution in [-0.4, -0.2) is 39.0 Å². The molecule has 1 saturated carbocycles. The van der Waals surface area contributed by atoms with Crippen LogP contribution in [0.2, 0.25) is 0 Å². The van der Waals surface area contributed by atoms with Gasteiger partial charge in [-0.3, -0.25) is 9.78 Å². The van der Waals surface area contributed by atoms with Gasteiger partial charge in [-0.15, -0.1) is 0 Å². The number of aromatic nitrogens is 2. The zero-order valence-corrected chi connectivity index (χ0v) is 15.2. The van der Waals surface area contributed by atoms with Crippen molar-refractivity contribution in [1.82, 2.24) is 14.9 Å². The van der Waals surface area contributed by atoms with Gasteiger partial charge in [0, 0.05) is 29.8 Å². The Kier molecular flexibility index (Phi) is 4.26. The normalized spacial score (nSPS) is 17.1. The van der Waals surface area contributed by atoms with Gasteiger partial charge in [-0.25, -0.2) is 4.98 Å². The third-order valence-electron chi connectivity index (χ3n) is 5.23. The molecule has 0 unspecified atom stereocenters. The van der Waals surface area contributed by atoms with Crippen LogP contribution in [0.1, 0.15) is 36.2 Å². The van der Waals surface area contributed by atoms with Crippen LogP contribution < -0.4 is 4.74 Å². The highest BCUT2D eigenvalue weighted by atomic mass is 16.5. The Morgan fingerprint density at radius 3 is 2.85 bits per heavy atom. The SMILES string of the molecule is Cc1cnc(C)c(-c2cc(O)c3c(c2)CN(C(=O)C2CCC2)CCO3)n1.